The summed E-state index contributed by atoms with van der Waals surface area (Å²) in [5.41, 5.74) is 4.66. The number of hydrogen-bond donors (Lipinski definition) is 10. The van der Waals surface area contributed by atoms with E-state index in [9.17, 15) is 50.4 Å². The molecular weight excluding hydrogens is 660 g/mol. The number of phenols is 2. The zero-order chi connectivity index (χ0) is 34.5. The fourth-order valence-corrected chi connectivity index (χ4v) is 8.13. The van der Waals surface area contributed by atoms with E-state index in [1.807, 2.05) is 0 Å². The second-order valence-corrected chi connectivity index (χ2v) is 13.3. The summed E-state index contributed by atoms with van der Waals surface area (Å²) in [5, 5.41) is 85.3. The molecular formula is C33H30N4O11S. The number of hydrazine groups is 1. The first kappa shape index (κ1) is 31.6. The molecule has 1 fully saturated rings. The fraction of sp³-hybridized carbons (Fsp3) is 0.273. The van der Waals surface area contributed by atoms with Gasteiger partial charge in [-0.05, 0) is 35.9 Å². The average molecular weight is 691 g/mol. The van der Waals surface area contributed by atoms with Crippen LogP contribution in [0.15, 0.2) is 42.5 Å². The van der Waals surface area contributed by atoms with Crippen molar-refractivity contribution in [3.05, 3.63) is 68.9 Å². The van der Waals surface area contributed by atoms with Gasteiger partial charge in [-0.15, -0.1) is 11.3 Å². The SMILES string of the molecule is O=C1c2c(c3c4ccc(O)cc4n([C@@H]4O[C@H](CO)[C@@H](O)[C@H](O)[C@H]4O)c3c3[nH]c4cc(O)ccc4c23)C(=O)N1NCc1sc(CO)cc1CO. The van der Waals surface area contributed by atoms with Crippen molar-refractivity contribution in [3.63, 3.8) is 0 Å². The third-order valence-corrected chi connectivity index (χ3v) is 10.5. The molecule has 15 nitrogen and oxygen atoms in total. The molecule has 10 N–H and O–H groups in total. The Kier molecular flexibility index (Phi) is 7.41. The number of aromatic hydroxyl groups is 2. The van der Waals surface area contributed by atoms with Crippen LogP contribution in [0.2, 0.25) is 0 Å². The van der Waals surface area contributed by atoms with Gasteiger partial charge in [-0.1, -0.05) is 0 Å². The molecule has 6 aromatic rings. The molecule has 5 heterocycles. The predicted octanol–water partition coefficient (Wildman–Crippen LogP) is 1.16. The van der Waals surface area contributed by atoms with Crippen LogP contribution in [0.1, 0.15) is 42.3 Å². The number of thiophene rings is 1. The second-order valence-electron chi connectivity index (χ2n) is 12.1. The molecule has 0 spiro atoms. The third kappa shape index (κ3) is 4.51. The molecule has 3 aromatic carbocycles. The number of nitrogens with zero attached hydrogens (tertiary/aromatic N) is 2. The zero-order valence-corrected chi connectivity index (χ0v) is 26.2. The first-order valence-corrected chi connectivity index (χ1v) is 16.1. The maximum absolute atomic E-state index is 14.4. The lowest BCUT2D eigenvalue weighted by Crippen LogP contribution is -2.56. The lowest BCUT2D eigenvalue weighted by molar-refractivity contribution is -0.249. The number of fused-ring (bicyclic) bond motifs is 10. The number of amides is 2. The zero-order valence-electron chi connectivity index (χ0n) is 25.4. The van der Waals surface area contributed by atoms with Gasteiger partial charge in [0.2, 0.25) is 0 Å². The summed E-state index contributed by atoms with van der Waals surface area (Å²) in [7, 11) is 0. The average Bonchev–Trinajstić information content (AvgIpc) is 3.82. The van der Waals surface area contributed by atoms with Crippen LogP contribution < -0.4 is 5.43 Å². The molecule has 0 aliphatic carbocycles. The topological polar surface area (TPSA) is 241 Å². The van der Waals surface area contributed by atoms with Crippen LogP contribution in [0.5, 0.6) is 11.5 Å². The van der Waals surface area contributed by atoms with Crippen LogP contribution >= 0.6 is 11.3 Å². The number of carbonyl (C=O) groups is 2. The van der Waals surface area contributed by atoms with Gasteiger partial charge in [0.15, 0.2) is 6.23 Å². The van der Waals surface area contributed by atoms with E-state index in [0.29, 0.717) is 42.5 Å². The van der Waals surface area contributed by atoms with Crippen molar-refractivity contribution in [2.75, 3.05) is 6.61 Å². The minimum Gasteiger partial charge on any atom is -0.508 e. The summed E-state index contributed by atoms with van der Waals surface area (Å²) in [6.45, 7) is -1.29. The highest BCUT2D eigenvalue weighted by Gasteiger charge is 2.47. The number of aromatic nitrogens is 2. The minimum atomic E-state index is -1.75. The highest BCUT2D eigenvalue weighted by molar-refractivity contribution is 7.12. The molecule has 2 amide bonds. The molecule has 0 saturated carbocycles. The van der Waals surface area contributed by atoms with Crippen LogP contribution in [0.4, 0.5) is 0 Å². The van der Waals surface area contributed by atoms with E-state index in [4.69, 9.17) is 4.74 Å². The highest BCUT2D eigenvalue weighted by Crippen LogP contribution is 2.48. The highest BCUT2D eigenvalue weighted by atomic mass is 32.1. The smallest absolute Gasteiger partial charge is 0.276 e. The molecule has 5 atom stereocenters. The van der Waals surface area contributed by atoms with Crippen molar-refractivity contribution in [2.45, 2.75) is 50.4 Å². The molecule has 3 aromatic heterocycles. The van der Waals surface area contributed by atoms with Crippen molar-refractivity contribution < 1.29 is 55.2 Å². The van der Waals surface area contributed by atoms with E-state index in [-0.39, 0.29) is 58.8 Å². The molecule has 2 aliphatic heterocycles. The van der Waals surface area contributed by atoms with E-state index in [0.717, 1.165) is 5.01 Å². The van der Waals surface area contributed by atoms with Gasteiger partial charge >= 0.3 is 0 Å². The maximum Gasteiger partial charge on any atom is 0.276 e. The molecule has 1 saturated heterocycles. The molecule has 49 heavy (non-hydrogen) atoms. The maximum atomic E-state index is 14.4. The summed E-state index contributed by atoms with van der Waals surface area (Å²) < 4.78 is 7.44. The Morgan fingerprint density at radius 1 is 0.837 bits per heavy atom. The summed E-state index contributed by atoms with van der Waals surface area (Å²) >= 11 is 1.22. The number of hydrogen-bond acceptors (Lipinski definition) is 13. The summed E-state index contributed by atoms with van der Waals surface area (Å²) in [6.07, 6.45) is -7.90. The standard InChI is InChI=1S/C33H30N4O11S/c38-9-12-5-15(10-39)49-21(12)8-34-37-31(46)24-22-16-3-1-13(41)6-18(16)35-26(22)27-23(25(24)32(37)47)17-4-2-14(42)7-19(17)36(27)33-30(45)29(44)28(43)20(11-40)48-33/h1-7,20,28-30,33-35,38-45H,8-11H2/t20-,28-,29+,30-,33-/m1/s1. The number of H-pyrrole nitrogens is 1. The molecule has 254 valence electrons. The van der Waals surface area contributed by atoms with Gasteiger partial charge in [-0.3, -0.25) is 9.59 Å². The number of benzene rings is 3. The Labute approximate surface area is 279 Å². The second kappa shape index (κ2) is 11.5. The number of imide groups is 1. The Morgan fingerprint density at radius 2 is 1.53 bits per heavy atom. The number of carbonyl (C=O) groups excluding carboxylic acids is 2. The van der Waals surface area contributed by atoms with Crippen molar-refractivity contribution in [2.24, 2.45) is 0 Å². The lowest BCUT2D eigenvalue weighted by atomic mass is 9.96. The first-order chi connectivity index (χ1) is 23.6. The quantitative estimate of drug-likeness (QED) is 0.106. The van der Waals surface area contributed by atoms with Gasteiger partial charge in [0, 0.05) is 43.4 Å². The number of rotatable bonds is 7. The molecule has 2 aliphatic rings. The third-order valence-electron chi connectivity index (χ3n) is 9.38. The van der Waals surface area contributed by atoms with Crippen molar-refractivity contribution >= 4 is 66.8 Å². The number of aliphatic hydroxyl groups excluding tert-OH is 6. The number of nitrogens with one attached hydrogen (secondary N) is 2. The first-order valence-electron chi connectivity index (χ1n) is 15.3. The minimum absolute atomic E-state index is 0.00221. The van der Waals surface area contributed by atoms with Gasteiger partial charge < -0.3 is 55.1 Å². The van der Waals surface area contributed by atoms with Gasteiger partial charge in [0.1, 0.15) is 35.9 Å². The Morgan fingerprint density at radius 3 is 2.22 bits per heavy atom. The molecule has 16 heteroatoms. The molecule has 0 radical (unpaired) electrons. The number of phenolic OH excluding ortho intramolecular Hbond substituents is 2. The van der Waals surface area contributed by atoms with E-state index >= 15 is 0 Å². The number of aliphatic hydroxyl groups is 6. The van der Waals surface area contributed by atoms with Crippen LogP contribution in [-0.2, 0) is 24.5 Å². The van der Waals surface area contributed by atoms with E-state index in [1.165, 1.54) is 46.2 Å². The van der Waals surface area contributed by atoms with Crippen molar-refractivity contribution in [1.29, 1.82) is 0 Å². The monoisotopic (exact) mass is 690 g/mol. The van der Waals surface area contributed by atoms with E-state index in [1.54, 1.807) is 12.1 Å². The normalized spacial score (nSPS) is 22.8. The van der Waals surface area contributed by atoms with Crippen LogP contribution in [0, 0.1) is 0 Å². The summed E-state index contributed by atoms with van der Waals surface area (Å²) in [6, 6.07) is 10.4. The van der Waals surface area contributed by atoms with Gasteiger partial charge in [-0.25, -0.2) is 10.4 Å². The Bertz CT molecular complexity index is 2340. The van der Waals surface area contributed by atoms with Gasteiger partial charge in [0.25, 0.3) is 11.8 Å². The number of aromatic amines is 1. The lowest BCUT2D eigenvalue weighted by Gasteiger charge is -2.41. The molecule has 0 unspecified atom stereocenters. The number of ether oxygens (including phenoxy) is 1. The van der Waals surface area contributed by atoms with Crippen molar-refractivity contribution in [3.8, 4) is 11.5 Å². The van der Waals surface area contributed by atoms with E-state index in [2.05, 4.69) is 10.4 Å². The van der Waals surface area contributed by atoms with Gasteiger partial charge in [-0.2, -0.15) is 0 Å². The van der Waals surface area contributed by atoms with E-state index < -0.39 is 49.1 Å². The molecule has 8 rings (SSSR count). The van der Waals surface area contributed by atoms with Crippen molar-refractivity contribution in [1.82, 2.24) is 20.0 Å². The fourth-order valence-electron chi connectivity index (χ4n) is 7.16. The van der Waals surface area contributed by atoms with Crippen LogP contribution in [0.25, 0.3) is 43.6 Å². The van der Waals surface area contributed by atoms with Crippen LogP contribution in [0.3, 0.4) is 0 Å². The largest absolute Gasteiger partial charge is 0.508 e. The Hall–Kier alpha value is -4.62. The molecule has 0 bridgehead atoms. The summed E-state index contributed by atoms with van der Waals surface area (Å²) in [5.74, 6) is -1.66. The van der Waals surface area contributed by atoms with Gasteiger partial charge in [0.05, 0.1) is 59.6 Å². The predicted molar refractivity (Wildman–Crippen MR) is 175 cm³/mol. The van der Waals surface area contributed by atoms with Crippen LogP contribution in [-0.4, -0.2) is 98.2 Å². The summed E-state index contributed by atoms with van der Waals surface area (Å²) in [4.78, 5) is 33.2. The Balaban J connectivity index is 1.42.